The van der Waals surface area contributed by atoms with Crippen LogP contribution in [-0.2, 0) is 11.3 Å². The van der Waals surface area contributed by atoms with Crippen molar-refractivity contribution in [3.05, 3.63) is 48.4 Å². The number of amides is 1. The van der Waals surface area contributed by atoms with Crippen LogP contribution in [-0.4, -0.2) is 74.2 Å². The molecule has 1 aliphatic heterocycles. The summed E-state index contributed by atoms with van der Waals surface area (Å²) in [6.45, 7) is 9.26. The van der Waals surface area contributed by atoms with Gasteiger partial charge >= 0.3 is 0 Å². The van der Waals surface area contributed by atoms with Crippen LogP contribution in [0.5, 0.6) is 0 Å². The Balaban J connectivity index is 1.53. The minimum Gasteiger partial charge on any atom is -0.344 e. The van der Waals surface area contributed by atoms with Gasteiger partial charge in [-0.2, -0.15) is 0 Å². The lowest BCUT2D eigenvalue weighted by atomic mass is 9.87. The number of ketones is 1. The third-order valence-corrected chi connectivity index (χ3v) is 6.53. The number of likely N-dealkylation sites (N-methyl/N-ethyl adjacent to an activating group) is 1. The van der Waals surface area contributed by atoms with Gasteiger partial charge in [0.25, 0.3) is 0 Å². The Morgan fingerprint density at radius 2 is 1.82 bits per heavy atom. The molecule has 1 aliphatic rings. The Hall–Kier alpha value is -3.52. The van der Waals surface area contributed by atoms with E-state index in [9.17, 15) is 9.59 Å². The van der Waals surface area contributed by atoms with Crippen molar-refractivity contribution in [3.63, 3.8) is 0 Å². The zero-order chi connectivity index (χ0) is 24.0. The van der Waals surface area contributed by atoms with Gasteiger partial charge in [-0.25, -0.2) is 9.97 Å². The molecule has 176 valence electrons. The maximum atomic E-state index is 13.0. The van der Waals surface area contributed by atoms with Crippen LogP contribution in [0.3, 0.4) is 0 Å². The van der Waals surface area contributed by atoms with E-state index in [0.717, 1.165) is 42.6 Å². The molecule has 0 spiro atoms. The van der Waals surface area contributed by atoms with Crippen LogP contribution in [0.2, 0.25) is 0 Å². The molecule has 0 radical (unpaired) electrons. The number of nitrogens with one attached hydrogen (secondary N) is 1. The van der Waals surface area contributed by atoms with Crippen LogP contribution >= 0.6 is 0 Å². The minimum absolute atomic E-state index is 0.0189. The maximum Gasteiger partial charge on any atom is 0.242 e. The van der Waals surface area contributed by atoms with Gasteiger partial charge in [0.2, 0.25) is 5.91 Å². The largest absolute Gasteiger partial charge is 0.344 e. The predicted octanol–water partition coefficient (Wildman–Crippen LogP) is 3.58. The molecule has 0 aliphatic carbocycles. The zero-order valence-corrected chi connectivity index (χ0v) is 20.1. The first-order valence-corrected chi connectivity index (χ1v) is 11.7. The van der Waals surface area contributed by atoms with Gasteiger partial charge in [-0.05, 0) is 13.1 Å². The van der Waals surface area contributed by atoms with Crippen molar-refractivity contribution in [2.24, 2.45) is 5.41 Å². The quantitative estimate of drug-likeness (QED) is 0.473. The number of fused-ring (bicyclic) bond motifs is 2. The second-order valence-corrected chi connectivity index (χ2v) is 10.1. The average molecular weight is 459 g/mol. The molecule has 0 bridgehead atoms. The first-order chi connectivity index (χ1) is 16.2. The van der Waals surface area contributed by atoms with Crippen LogP contribution in [0.1, 0.15) is 31.1 Å². The number of carbonyl (C=O) groups is 2. The molecule has 1 saturated heterocycles. The van der Waals surface area contributed by atoms with Crippen LogP contribution < -0.4 is 0 Å². The molecule has 34 heavy (non-hydrogen) atoms. The second kappa shape index (κ2) is 8.36. The topological polar surface area (TPSA) is 87.1 Å². The van der Waals surface area contributed by atoms with Crippen molar-refractivity contribution in [2.45, 2.75) is 27.3 Å². The first-order valence-electron chi connectivity index (χ1n) is 11.7. The summed E-state index contributed by atoms with van der Waals surface area (Å²) in [5.74, 6) is 0.135. The van der Waals surface area contributed by atoms with Gasteiger partial charge in [-0.15, -0.1) is 0 Å². The summed E-state index contributed by atoms with van der Waals surface area (Å²) in [4.78, 5) is 42.6. The monoisotopic (exact) mass is 458 g/mol. The van der Waals surface area contributed by atoms with Gasteiger partial charge in [0.05, 0.1) is 17.5 Å². The van der Waals surface area contributed by atoms with Gasteiger partial charge in [0.1, 0.15) is 12.1 Å². The number of Topliss-reactive ketones (excluding diaryl/α,β-unsaturated/α-hetero) is 1. The molecule has 1 fully saturated rings. The molecular weight excluding hydrogens is 428 g/mol. The van der Waals surface area contributed by atoms with Gasteiger partial charge in [0.15, 0.2) is 11.4 Å². The highest BCUT2D eigenvalue weighted by atomic mass is 16.2. The first kappa shape index (κ1) is 22.3. The number of carbonyl (C=O) groups excluding carboxylic acids is 2. The van der Waals surface area contributed by atoms with E-state index in [0.29, 0.717) is 22.4 Å². The summed E-state index contributed by atoms with van der Waals surface area (Å²) in [5, 5.41) is 1.00. The summed E-state index contributed by atoms with van der Waals surface area (Å²) in [7, 11) is 2.08. The summed E-state index contributed by atoms with van der Waals surface area (Å²) in [6.07, 6.45) is 5.39. The van der Waals surface area contributed by atoms with Crippen LogP contribution in [0, 0.1) is 5.41 Å². The molecule has 3 aromatic heterocycles. The number of rotatable bonds is 4. The maximum absolute atomic E-state index is 13.0. The zero-order valence-electron chi connectivity index (χ0n) is 20.1. The molecule has 0 unspecified atom stereocenters. The number of H-pyrrole nitrogens is 1. The van der Waals surface area contributed by atoms with E-state index in [4.69, 9.17) is 4.98 Å². The summed E-state index contributed by atoms with van der Waals surface area (Å²) in [5.41, 5.74) is 3.73. The number of aromatic nitrogens is 4. The van der Waals surface area contributed by atoms with Crippen LogP contribution in [0.25, 0.3) is 33.3 Å². The number of benzene rings is 1. The molecule has 4 aromatic rings. The highest BCUT2D eigenvalue weighted by Crippen LogP contribution is 2.32. The molecule has 8 nitrogen and oxygen atoms in total. The number of hydrogen-bond acceptors (Lipinski definition) is 5. The normalized spacial score (nSPS) is 15.4. The molecule has 5 rings (SSSR count). The molecule has 0 saturated carbocycles. The van der Waals surface area contributed by atoms with Crippen LogP contribution in [0.4, 0.5) is 0 Å². The number of piperazine rings is 1. The molecule has 1 aromatic carbocycles. The van der Waals surface area contributed by atoms with Crippen molar-refractivity contribution in [3.8, 4) is 11.3 Å². The molecule has 4 heterocycles. The summed E-state index contributed by atoms with van der Waals surface area (Å²) in [6, 6.07) is 8.01. The lowest BCUT2D eigenvalue weighted by Gasteiger charge is -2.32. The molecule has 0 atom stereocenters. The fraction of sp³-hybridized carbons (Fsp3) is 0.385. The van der Waals surface area contributed by atoms with Crippen molar-refractivity contribution < 1.29 is 9.59 Å². The highest BCUT2D eigenvalue weighted by molar-refractivity contribution is 6.08. The molecule has 8 heteroatoms. The Bertz CT molecular complexity index is 1390. The van der Waals surface area contributed by atoms with E-state index in [1.165, 1.54) is 0 Å². The lowest BCUT2D eigenvalue weighted by molar-refractivity contribution is -0.133. The van der Waals surface area contributed by atoms with E-state index < -0.39 is 5.41 Å². The van der Waals surface area contributed by atoms with E-state index in [1.807, 2.05) is 60.7 Å². The standard InChI is InChI=1S/C26H30N6O2/c1-26(2,3)24(34)18-13-27-25-23(18)29-20(14-28-25)19-15-32(21-8-6-5-7-17(19)21)16-22(33)31-11-9-30(4)10-12-31/h5-8,13-15H,9-12,16H2,1-4H3,(H,27,28). The Morgan fingerprint density at radius 1 is 1.09 bits per heavy atom. The molecule has 1 amide bonds. The van der Waals surface area contributed by atoms with Crippen molar-refractivity contribution in [1.82, 2.24) is 29.3 Å². The van der Waals surface area contributed by atoms with Crippen molar-refractivity contribution >= 4 is 33.8 Å². The van der Waals surface area contributed by atoms with Crippen LogP contribution in [0.15, 0.2) is 42.9 Å². The Labute approximate surface area is 198 Å². The van der Waals surface area contributed by atoms with Gasteiger partial charge in [0, 0.05) is 60.5 Å². The number of para-hydroxylation sites is 1. The summed E-state index contributed by atoms with van der Waals surface area (Å²) < 4.78 is 2.00. The number of hydrogen-bond donors (Lipinski definition) is 1. The lowest BCUT2D eigenvalue weighted by Crippen LogP contribution is -2.48. The van der Waals surface area contributed by atoms with E-state index in [1.54, 1.807) is 12.4 Å². The number of nitrogens with zero attached hydrogens (tertiary/aromatic N) is 5. The third kappa shape index (κ3) is 3.98. The molecule has 1 N–H and O–H groups in total. The Kier molecular flexibility index (Phi) is 5.48. The highest BCUT2D eigenvalue weighted by Gasteiger charge is 2.27. The average Bonchev–Trinajstić information content (AvgIpc) is 3.39. The fourth-order valence-corrected chi connectivity index (χ4v) is 4.48. The van der Waals surface area contributed by atoms with E-state index in [-0.39, 0.29) is 18.2 Å². The van der Waals surface area contributed by atoms with E-state index in [2.05, 4.69) is 21.9 Å². The predicted molar refractivity (Wildman–Crippen MR) is 133 cm³/mol. The SMILES string of the molecule is CN1CCN(C(=O)Cn2cc(-c3cnc4[nH]cc(C(=O)C(C)(C)C)c4n3)c3ccccc32)CC1. The smallest absolute Gasteiger partial charge is 0.242 e. The second-order valence-electron chi connectivity index (χ2n) is 10.1. The van der Waals surface area contributed by atoms with Gasteiger partial charge < -0.3 is 19.4 Å². The Morgan fingerprint density at radius 3 is 2.56 bits per heavy atom. The minimum atomic E-state index is -0.521. The summed E-state index contributed by atoms with van der Waals surface area (Å²) >= 11 is 0. The van der Waals surface area contributed by atoms with Gasteiger partial charge in [-0.3, -0.25) is 9.59 Å². The van der Waals surface area contributed by atoms with Crippen molar-refractivity contribution in [1.29, 1.82) is 0 Å². The number of aromatic amines is 1. The fourth-order valence-electron chi connectivity index (χ4n) is 4.48. The molecular formula is C26H30N6O2. The van der Waals surface area contributed by atoms with Gasteiger partial charge in [-0.1, -0.05) is 39.0 Å². The van der Waals surface area contributed by atoms with Crippen molar-refractivity contribution in [2.75, 3.05) is 33.2 Å². The third-order valence-electron chi connectivity index (χ3n) is 6.53. The van der Waals surface area contributed by atoms with E-state index >= 15 is 0 Å².